The van der Waals surface area contributed by atoms with Crippen LogP contribution in [-0.2, 0) is 4.79 Å². The summed E-state index contributed by atoms with van der Waals surface area (Å²) in [5, 5.41) is 15.2. The van der Waals surface area contributed by atoms with E-state index in [0.717, 1.165) is 21.0 Å². The average Bonchev–Trinajstić information content (AvgIpc) is 2.76. The third-order valence-corrected chi connectivity index (χ3v) is 4.20. The summed E-state index contributed by atoms with van der Waals surface area (Å²) in [6.07, 6.45) is 0. The van der Waals surface area contributed by atoms with Crippen molar-refractivity contribution in [2.75, 3.05) is 5.32 Å². The van der Waals surface area contributed by atoms with E-state index in [1.807, 2.05) is 30.3 Å². The Hall–Kier alpha value is -1.85. The zero-order chi connectivity index (χ0) is 14.3. The van der Waals surface area contributed by atoms with E-state index < -0.39 is 12.0 Å². The van der Waals surface area contributed by atoms with Crippen molar-refractivity contribution < 1.29 is 9.90 Å². The van der Waals surface area contributed by atoms with Gasteiger partial charge in [0, 0.05) is 5.02 Å². The van der Waals surface area contributed by atoms with Gasteiger partial charge >= 0.3 is 5.97 Å². The molecule has 0 spiro atoms. The first-order valence-electron chi connectivity index (χ1n) is 6.02. The molecule has 0 unspecified atom stereocenters. The van der Waals surface area contributed by atoms with Gasteiger partial charge < -0.3 is 10.4 Å². The molecule has 1 atom stereocenters. The maximum atomic E-state index is 10.8. The Labute approximate surface area is 124 Å². The maximum absolute atomic E-state index is 10.8. The normalized spacial score (nSPS) is 12.7. The van der Waals surface area contributed by atoms with Gasteiger partial charge in [0.2, 0.25) is 0 Å². The van der Waals surface area contributed by atoms with Crippen LogP contribution in [0.1, 0.15) is 6.92 Å². The number of aromatic nitrogens is 1. The monoisotopic (exact) mass is 306 g/mol. The van der Waals surface area contributed by atoms with Crippen LogP contribution in [0.15, 0.2) is 30.3 Å². The summed E-state index contributed by atoms with van der Waals surface area (Å²) < 4.78 is 1.01. The van der Waals surface area contributed by atoms with Crippen LogP contribution in [0.5, 0.6) is 0 Å². The first-order chi connectivity index (χ1) is 9.52. The zero-order valence-electron chi connectivity index (χ0n) is 10.6. The predicted molar refractivity (Wildman–Crippen MR) is 82.9 cm³/mol. The van der Waals surface area contributed by atoms with Gasteiger partial charge in [0.1, 0.15) is 6.04 Å². The lowest BCUT2D eigenvalue weighted by Gasteiger charge is -2.05. The molecule has 0 radical (unpaired) electrons. The van der Waals surface area contributed by atoms with Crippen LogP contribution in [0.4, 0.5) is 5.13 Å². The number of carbonyl (C=O) groups is 1. The molecule has 0 aliphatic carbocycles. The van der Waals surface area contributed by atoms with E-state index in [-0.39, 0.29) is 0 Å². The van der Waals surface area contributed by atoms with Crippen LogP contribution in [-0.4, -0.2) is 22.1 Å². The van der Waals surface area contributed by atoms with Gasteiger partial charge in [0.15, 0.2) is 5.13 Å². The highest BCUT2D eigenvalue weighted by Gasteiger charge is 2.13. The summed E-state index contributed by atoms with van der Waals surface area (Å²) >= 11 is 7.43. The van der Waals surface area contributed by atoms with Gasteiger partial charge in [-0.25, -0.2) is 4.98 Å². The number of nitrogens with one attached hydrogen (secondary N) is 1. The lowest BCUT2D eigenvalue weighted by molar-refractivity contribution is -0.137. The molecule has 0 saturated carbocycles. The number of benzene rings is 2. The molecule has 0 bridgehead atoms. The molecule has 4 nitrogen and oxygen atoms in total. The molecule has 3 rings (SSSR count). The summed E-state index contributed by atoms with van der Waals surface area (Å²) in [6, 6.07) is 9.03. The molecule has 2 N–H and O–H groups in total. The number of halogens is 1. The molecule has 0 aliphatic rings. The Morgan fingerprint density at radius 1 is 1.35 bits per heavy atom. The lowest BCUT2D eigenvalue weighted by Crippen LogP contribution is -2.25. The number of aliphatic carboxylic acids is 1. The predicted octanol–water partition coefficient (Wildman–Crippen LogP) is 3.99. The SMILES string of the molecule is C[C@@H](Nc1nc2cc3cc(Cl)ccc3cc2s1)C(=O)O. The molecule has 1 aromatic heterocycles. The summed E-state index contributed by atoms with van der Waals surface area (Å²) in [7, 11) is 0. The lowest BCUT2D eigenvalue weighted by atomic mass is 10.1. The summed E-state index contributed by atoms with van der Waals surface area (Å²) in [6.45, 7) is 1.59. The third kappa shape index (κ3) is 2.42. The number of fused-ring (bicyclic) bond motifs is 2. The topological polar surface area (TPSA) is 62.2 Å². The molecule has 0 aliphatic heterocycles. The van der Waals surface area contributed by atoms with Gasteiger partial charge in [0.25, 0.3) is 0 Å². The van der Waals surface area contributed by atoms with Crippen LogP contribution in [0, 0.1) is 0 Å². The number of thiazole rings is 1. The standard InChI is InChI=1S/C14H11ClN2O2S/c1-7(13(18)19)16-14-17-11-5-9-4-10(15)3-2-8(9)6-12(11)20-14/h2-7H,1H3,(H,16,17)(H,18,19)/t7-/m1/s1. The van der Waals surface area contributed by atoms with Gasteiger partial charge in [-0.2, -0.15) is 0 Å². The number of rotatable bonds is 3. The van der Waals surface area contributed by atoms with Crippen molar-refractivity contribution in [2.45, 2.75) is 13.0 Å². The number of nitrogens with zero attached hydrogens (tertiary/aromatic N) is 1. The van der Waals surface area contributed by atoms with E-state index in [0.29, 0.717) is 10.2 Å². The second-order valence-corrected chi connectivity index (χ2v) is 6.00. The van der Waals surface area contributed by atoms with Crippen LogP contribution in [0.2, 0.25) is 5.02 Å². The average molecular weight is 307 g/mol. The molecule has 102 valence electrons. The van der Waals surface area contributed by atoms with Crippen LogP contribution >= 0.6 is 22.9 Å². The summed E-state index contributed by atoms with van der Waals surface area (Å²) in [5.41, 5.74) is 0.838. The largest absolute Gasteiger partial charge is 0.480 e. The summed E-state index contributed by atoms with van der Waals surface area (Å²) in [5.74, 6) is -0.902. The molecular formula is C14H11ClN2O2S. The van der Waals surface area contributed by atoms with E-state index in [1.54, 1.807) is 6.92 Å². The minimum Gasteiger partial charge on any atom is -0.480 e. The minimum absolute atomic E-state index is 0.608. The second-order valence-electron chi connectivity index (χ2n) is 4.53. The van der Waals surface area contributed by atoms with Crippen molar-refractivity contribution >= 4 is 55.0 Å². The highest BCUT2D eigenvalue weighted by atomic mass is 35.5. The molecule has 0 amide bonds. The van der Waals surface area contributed by atoms with Crippen LogP contribution < -0.4 is 5.32 Å². The van der Waals surface area contributed by atoms with Crippen LogP contribution in [0.3, 0.4) is 0 Å². The van der Waals surface area contributed by atoms with E-state index in [9.17, 15) is 4.79 Å². The van der Waals surface area contributed by atoms with Crippen molar-refractivity contribution in [1.29, 1.82) is 0 Å². The molecule has 0 saturated heterocycles. The van der Waals surface area contributed by atoms with E-state index >= 15 is 0 Å². The Morgan fingerprint density at radius 3 is 2.90 bits per heavy atom. The van der Waals surface area contributed by atoms with E-state index in [1.165, 1.54) is 11.3 Å². The molecule has 2 aromatic carbocycles. The van der Waals surface area contributed by atoms with Crippen molar-refractivity contribution in [3.05, 3.63) is 35.4 Å². The Balaban J connectivity index is 2.06. The van der Waals surface area contributed by atoms with E-state index in [2.05, 4.69) is 10.3 Å². The molecular weight excluding hydrogens is 296 g/mol. The molecule has 1 heterocycles. The van der Waals surface area contributed by atoms with Crippen LogP contribution in [0.25, 0.3) is 21.0 Å². The van der Waals surface area contributed by atoms with Gasteiger partial charge in [-0.05, 0) is 42.0 Å². The molecule has 6 heteroatoms. The Bertz CT molecular complexity index is 815. The van der Waals surface area contributed by atoms with Crippen molar-refractivity contribution in [2.24, 2.45) is 0 Å². The second kappa shape index (κ2) is 4.92. The first-order valence-corrected chi connectivity index (χ1v) is 7.21. The van der Waals surface area contributed by atoms with Crippen molar-refractivity contribution in [3.63, 3.8) is 0 Å². The van der Waals surface area contributed by atoms with Gasteiger partial charge in [-0.1, -0.05) is 29.0 Å². The highest BCUT2D eigenvalue weighted by Crippen LogP contribution is 2.31. The minimum atomic E-state index is -0.902. The number of carboxylic acids is 1. The molecule has 3 aromatic rings. The van der Waals surface area contributed by atoms with Crippen molar-refractivity contribution in [3.8, 4) is 0 Å². The number of hydrogen-bond donors (Lipinski definition) is 2. The fraction of sp³-hybridized carbons (Fsp3) is 0.143. The number of anilines is 1. The third-order valence-electron chi connectivity index (χ3n) is 3.02. The first kappa shape index (κ1) is 13.1. The maximum Gasteiger partial charge on any atom is 0.325 e. The fourth-order valence-electron chi connectivity index (χ4n) is 1.95. The Kier molecular flexibility index (Phi) is 3.23. The summed E-state index contributed by atoms with van der Waals surface area (Å²) in [4.78, 5) is 15.3. The van der Waals surface area contributed by atoms with E-state index in [4.69, 9.17) is 16.7 Å². The highest BCUT2D eigenvalue weighted by molar-refractivity contribution is 7.22. The van der Waals surface area contributed by atoms with Gasteiger partial charge in [-0.15, -0.1) is 0 Å². The number of carboxylic acid groups (broad SMARTS) is 1. The fourth-order valence-corrected chi connectivity index (χ4v) is 3.11. The quantitative estimate of drug-likeness (QED) is 0.768. The van der Waals surface area contributed by atoms with Gasteiger partial charge in [-0.3, -0.25) is 4.79 Å². The molecule has 20 heavy (non-hydrogen) atoms. The van der Waals surface area contributed by atoms with Crippen molar-refractivity contribution in [1.82, 2.24) is 4.98 Å². The molecule has 0 fully saturated rings. The van der Waals surface area contributed by atoms with Gasteiger partial charge in [0.05, 0.1) is 10.2 Å². The smallest absolute Gasteiger partial charge is 0.325 e. The number of hydrogen-bond acceptors (Lipinski definition) is 4. The zero-order valence-corrected chi connectivity index (χ0v) is 12.1. The Morgan fingerprint density at radius 2 is 2.15 bits per heavy atom.